The lowest BCUT2D eigenvalue weighted by Gasteiger charge is -2.33. The van der Waals surface area contributed by atoms with Crippen molar-refractivity contribution in [1.29, 1.82) is 0 Å². The SMILES string of the molecule is C1CCCCCC2NCCCC2CCCC1. The Bertz CT molecular complexity index is 158. The van der Waals surface area contributed by atoms with Crippen LogP contribution in [0.25, 0.3) is 0 Å². The van der Waals surface area contributed by atoms with Gasteiger partial charge in [0.25, 0.3) is 0 Å². The highest BCUT2D eigenvalue weighted by Crippen LogP contribution is 2.27. The lowest BCUT2D eigenvalue weighted by atomic mass is 9.83. The van der Waals surface area contributed by atoms with Gasteiger partial charge in [0.1, 0.15) is 0 Å². The van der Waals surface area contributed by atoms with Crippen molar-refractivity contribution in [2.24, 2.45) is 5.92 Å². The molecule has 1 heteroatoms. The van der Waals surface area contributed by atoms with Gasteiger partial charge in [-0.05, 0) is 38.1 Å². The highest BCUT2D eigenvalue weighted by Gasteiger charge is 2.23. The highest BCUT2D eigenvalue weighted by molar-refractivity contribution is 4.81. The molecule has 0 spiro atoms. The van der Waals surface area contributed by atoms with E-state index in [2.05, 4.69) is 5.32 Å². The minimum atomic E-state index is 0.869. The maximum absolute atomic E-state index is 3.77. The molecule has 16 heavy (non-hydrogen) atoms. The molecule has 0 radical (unpaired) electrons. The monoisotopic (exact) mass is 223 g/mol. The van der Waals surface area contributed by atoms with Gasteiger partial charge in [0.2, 0.25) is 0 Å². The van der Waals surface area contributed by atoms with Crippen molar-refractivity contribution in [2.75, 3.05) is 6.54 Å². The summed E-state index contributed by atoms with van der Waals surface area (Å²) in [6.45, 7) is 1.28. The van der Waals surface area contributed by atoms with Gasteiger partial charge in [-0.2, -0.15) is 0 Å². The van der Waals surface area contributed by atoms with Crippen LogP contribution in [0.15, 0.2) is 0 Å². The lowest BCUT2D eigenvalue weighted by molar-refractivity contribution is 0.241. The standard InChI is InChI=1S/C15H29N/c1-2-4-6-8-12-15-14(10-7-5-3-1)11-9-13-16-15/h14-16H,1-13H2. The summed E-state index contributed by atoms with van der Waals surface area (Å²) in [5.74, 6) is 1.01. The Morgan fingerprint density at radius 2 is 1.12 bits per heavy atom. The van der Waals surface area contributed by atoms with E-state index in [-0.39, 0.29) is 0 Å². The molecule has 0 aromatic heterocycles. The van der Waals surface area contributed by atoms with E-state index < -0.39 is 0 Å². The summed E-state index contributed by atoms with van der Waals surface area (Å²) in [4.78, 5) is 0. The van der Waals surface area contributed by atoms with Crippen LogP contribution in [0.1, 0.15) is 77.0 Å². The maximum Gasteiger partial charge on any atom is 0.00953 e. The van der Waals surface area contributed by atoms with E-state index in [1.54, 1.807) is 0 Å². The third-order valence-electron chi connectivity index (χ3n) is 4.57. The summed E-state index contributed by atoms with van der Waals surface area (Å²) >= 11 is 0. The smallest absolute Gasteiger partial charge is 0.00953 e. The van der Waals surface area contributed by atoms with Gasteiger partial charge < -0.3 is 5.32 Å². The number of fused-ring (bicyclic) bond motifs is 1. The first kappa shape index (κ1) is 12.4. The van der Waals surface area contributed by atoms with Crippen molar-refractivity contribution in [1.82, 2.24) is 5.32 Å². The van der Waals surface area contributed by atoms with Crippen LogP contribution in [0.4, 0.5) is 0 Å². The van der Waals surface area contributed by atoms with Gasteiger partial charge in [0.05, 0.1) is 0 Å². The van der Waals surface area contributed by atoms with Crippen LogP contribution in [0.3, 0.4) is 0 Å². The first-order chi connectivity index (χ1) is 7.97. The van der Waals surface area contributed by atoms with E-state index in [1.807, 2.05) is 0 Å². The summed E-state index contributed by atoms with van der Waals surface area (Å²) in [5, 5.41) is 3.77. The molecule has 0 aromatic carbocycles. The molecular weight excluding hydrogens is 194 g/mol. The molecular formula is C15H29N. The maximum atomic E-state index is 3.77. The normalized spacial score (nSPS) is 34.5. The molecule has 1 saturated heterocycles. The van der Waals surface area contributed by atoms with Crippen LogP contribution in [-0.2, 0) is 0 Å². The van der Waals surface area contributed by atoms with Gasteiger partial charge >= 0.3 is 0 Å². The number of piperidine rings is 1. The summed E-state index contributed by atoms with van der Waals surface area (Å²) in [6.07, 6.45) is 17.7. The summed E-state index contributed by atoms with van der Waals surface area (Å²) in [6, 6.07) is 0.869. The molecule has 2 atom stereocenters. The van der Waals surface area contributed by atoms with Crippen molar-refractivity contribution in [3.63, 3.8) is 0 Å². The van der Waals surface area contributed by atoms with Gasteiger partial charge in [0, 0.05) is 6.04 Å². The zero-order valence-corrected chi connectivity index (χ0v) is 10.8. The molecule has 1 saturated carbocycles. The second kappa shape index (κ2) is 7.32. The minimum Gasteiger partial charge on any atom is -0.314 e. The van der Waals surface area contributed by atoms with Crippen LogP contribution >= 0.6 is 0 Å². The first-order valence-electron chi connectivity index (χ1n) is 7.70. The zero-order chi connectivity index (χ0) is 11.1. The fourth-order valence-electron chi connectivity index (χ4n) is 3.53. The van der Waals surface area contributed by atoms with Crippen molar-refractivity contribution in [2.45, 2.75) is 83.1 Å². The molecule has 2 unspecified atom stereocenters. The summed E-state index contributed by atoms with van der Waals surface area (Å²) < 4.78 is 0. The average Bonchev–Trinajstić information content (AvgIpc) is 2.30. The summed E-state index contributed by atoms with van der Waals surface area (Å²) in [5.41, 5.74) is 0. The Kier molecular flexibility index (Phi) is 5.68. The van der Waals surface area contributed by atoms with Crippen molar-refractivity contribution in [3.8, 4) is 0 Å². The Morgan fingerprint density at radius 3 is 1.88 bits per heavy atom. The van der Waals surface area contributed by atoms with Crippen LogP contribution in [0.2, 0.25) is 0 Å². The molecule has 1 nitrogen and oxygen atoms in total. The van der Waals surface area contributed by atoms with Gasteiger partial charge in [-0.1, -0.05) is 51.4 Å². The Labute approximate surface area is 101 Å². The average molecular weight is 223 g/mol. The third-order valence-corrected chi connectivity index (χ3v) is 4.57. The van der Waals surface area contributed by atoms with Crippen molar-refractivity contribution < 1.29 is 0 Å². The van der Waals surface area contributed by atoms with Gasteiger partial charge in [-0.25, -0.2) is 0 Å². The molecule has 0 amide bonds. The third kappa shape index (κ3) is 4.08. The molecule has 1 heterocycles. The van der Waals surface area contributed by atoms with E-state index >= 15 is 0 Å². The predicted octanol–water partition coefficient (Wildman–Crippen LogP) is 4.27. The number of nitrogens with one attached hydrogen (secondary N) is 1. The quantitative estimate of drug-likeness (QED) is 0.646. The van der Waals surface area contributed by atoms with Crippen LogP contribution in [0.5, 0.6) is 0 Å². The number of hydrogen-bond acceptors (Lipinski definition) is 1. The molecule has 2 aliphatic rings. The van der Waals surface area contributed by atoms with Gasteiger partial charge in [-0.3, -0.25) is 0 Å². The molecule has 1 aliphatic carbocycles. The van der Waals surface area contributed by atoms with Crippen LogP contribution in [-0.4, -0.2) is 12.6 Å². The zero-order valence-electron chi connectivity index (χ0n) is 10.8. The number of hydrogen-bond donors (Lipinski definition) is 1. The Hall–Kier alpha value is -0.0400. The first-order valence-corrected chi connectivity index (χ1v) is 7.70. The van der Waals surface area contributed by atoms with Gasteiger partial charge in [-0.15, -0.1) is 0 Å². The van der Waals surface area contributed by atoms with E-state index in [0.29, 0.717) is 0 Å². The van der Waals surface area contributed by atoms with Crippen molar-refractivity contribution in [3.05, 3.63) is 0 Å². The van der Waals surface area contributed by atoms with Crippen molar-refractivity contribution >= 4 is 0 Å². The molecule has 1 N–H and O–H groups in total. The molecule has 0 aromatic rings. The number of rotatable bonds is 0. The second-order valence-corrected chi connectivity index (χ2v) is 5.87. The van der Waals surface area contributed by atoms with E-state index in [4.69, 9.17) is 0 Å². The molecule has 94 valence electrons. The van der Waals surface area contributed by atoms with E-state index in [1.165, 1.54) is 83.6 Å². The van der Waals surface area contributed by atoms with Crippen LogP contribution in [0, 0.1) is 5.92 Å². The summed E-state index contributed by atoms with van der Waals surface area (Å²) in [7, 11) is 0. The molecule has 2 fully saturated rings. The second-order valence-electron chi connectivity index (χ2n) is 5.87. The largest absolute Gasteiger partial charge is 0.314 e. The fourth-order valence-corrected chi connectivity index (χ4v) is 3.53. The molecule has 1 aliphatic heterocycles. The predicted molar refractivity (Wildman–Crippen MR) is 70.7 cm³/mol. The molecule has 2 rings (SSSR count). The lowest BCUT2D eigenvalue weighted by Crippen LogP contribution is -2.41. The topological polar surface area (TPSA) is 12.0 Å². The Balaban J connectivity index is 1.79. The van der Waals surface area contributed by atoms with Gasteiger partial charge in [0.15, 0.2) is 0 Å². The molecule has 0 bridgehead atoms. The fraction of sp³-hybridized carbons (Fsp3) is 1.00. The van der Waals surface area contributed by atoms with Crippen LogP contribution < -0.4 is 5.32 Å². The van der Waals surface area contributed by atoms with E-state index in [0.717, 1.165) is 12.0 Å². The minimum absolute atomic E-state index is 0.869. The Morgan fingerprint density at radius 1 is 0.562 bits per heavy atom. The highest BCUT2D eigenvalue weighted by atomic mass is 14.9. The van der Waals surface area contributed by atoms with E-state index in [9.17, 15) is 0 Å².